The van der Waals surface area contributed by atoms with Crippen molar-refractivity contribution in [1.29, 1.82) is 5.26 Å². The van der Waals surface area contributed by atoms with Gasteiger partial charge in [-0.2, -0.15) is 5.26 Å². The molecule has 0 saturated carbocycles. The summed E-state index contributed by atoms with van der Waals surface area (Å²) in [6.07, 6.45) is 1.10. The monoisotopic (exact) mass is 315 g/mol. The molecule has 1 aromatic carbocycles. The minimum atomic E-state index is -1.20. The normalized spacial score (nSPS) is 9.96. The number of carboxylic acids is 1. The van der Waals surface area contributed by atoms with Crippen molar-refractivity contribution in [1.82, 2.24) is 9.55 Å². The van der Waals surface area contributed by atoms with Gasteiger partial charge in [-0.25, -0.2) is 4.98 Å². The topological polar surface area (TPSA) is 114 Å². The van der Waals surface area contributed by atoms with Crippen molar-refractivity contribution < 1.29 is 19.4 Å². The summed E-state index contributed by atoms with van der Waals surface area (Å²) in [5.41, 5.74) is -0.311. The van der Waals surface area contributed by atoms with Crippen molar-refractivity contribution in [3.8, 4) is 28.8 Å². The highest BCUT2D eigenvalue weighted by Crippen LogP contribution is 2.31. The predicted octanol–water partition coefficient (Wildman–Crippen LogP) is 0.884. The number of ether oxygens (including phenoxy) is 2. The molecule has 1 aromatic heterocycles. The molecule has 1 N–H and O–H groups in total. The smallest absolute Gasteiger partial charge is 0.323 e. The van der Waals surface area contributed by atoms with Crippen molar-refractivity contribution in [3.05, 3.63) is 40.4 Å². The van der Waals surface area contributed by atoms with Gasteiger partial charge in [0.25, 0.3) is 5.56 Å². The molecule has 2 rings (SSSR count). The van der Waals surface area contributed by atoms with Crippen LogP contribution >= 0.6 is 0 Å². The summed E-state index contributed by atoms with van der Waals surface area (Å²) in [5.74, 6) is -0.281. The van der Waals surface area contributed by atoms with E-state index in [1.807, 2.05) is 0 Å². The van der Waals surface area contributed by atoms with Crippen LogP contribution in [-0.2, 0) is 11.3 Å². The number of nitrogens with zero attached hydrogens (tertiary/aromatic N) is 3. The van der Waals surface area contributed by atoms with Gasteiger partial charge in [0, 0.05) is 5.56 Å². The summed E-state index contributed by atoms with van der Waals surface area (Å²) >= 11 is 0. The molecule has 8 heteroatoms. The predicted molar refractivity (Wildman–Crippen MR) is 79.4 cm³/mol. The van der Waals surface area contributed by atoms with Gasteiger partial charge in [0.2, 0.25) is 0 Å². The number of rotatable bonds is 5. The van der Waals surface area contributed by atoms with Gasteiger partial charge in [0.1, 0.15) is 18.2 Å². The van der Waals surface area contributed by atoms with E-state index in [0.717, 1.165) is 10.9 Å². The van der Waals surface area contributed by atoms with E-state index in [9.17, 15) is 14.9 Å². The average molecular weight is 315 g/mol. The number of carbonyl (C=O) groups is 1. The Labute approximate surface area is 131 Å². The lowest BCUT2D eigenvalue weighted by Crippen LogP contribution is -2.27. The van der Waals surface area contributed by atoms with Gasteiger partial charge >= 0.3 is 5.97 Å². The van der Waals surface area contributed by atoms with Crippen LogP contribution in [0.1, 0.15) is 5.56 Å². The molecule has 0 aliphatic carbocycles. The number of aliphatic carboxylic acids is 1. The number of hydrogen-bond acceptors (Lipinski definition) is 6. The van der Waals surface area contributed by atoms with Crippen LogP contribution in [0.5, 0.6) is 11.5 Å². The van der Waals surface area contributed by atoms with E-state index < -0.39 is 18.1 Å². The van der Waals surface area contributed by atoms with E-state index >= 15 is 0 Å². The molecule has 0 saturated heterocycles. The van der Waals surface area contributed by atoms with E-state index in [1.165, 1.54) is 14.2 Å². The Morgan fingerprint density at radius 1 is 1.35 bits per heavy atom. The van der Waals surface area contributed by atoms with Crippen molar-refractivity contribution in [2.75, 3.05) is 14.2 Å². The van der Waals surface area contributed by atoms with Gasteiger partial charge in [-0.05, 0) is 18.2 Å². The molecule has 0 unspecified atom stereocenters. The van der Waals surface area contributed by atoms with E-state index in [1.54, 1.807) is 24.3 Å². The standard InChI is InChI=1S/C15H13N3O5/c1-22-11-4-3-9(5-12(11)23-2)14-10(6-16)15(21)18(8-17-14)7-13(19)20/h3-5,8H,7H2,1-2H3,(H,19,20). The Morgan fingerprint density at radius 3 is 2.61 bits per heavy atom. The third-order valence-electron chi connectivity index (χ3n) is 3.11. The van der Waals surface area contributed by atoms with E-state index in [4.69, 9.17) is 14.6 Å². The Bertz CT molecular complexity index is 851. The molecule has 0 atom stereocenters. The zero-order valence-electron chi connectivity index (χ0n) is 12.4. The van der Waals surface area contributed by atoms with Crippen LogP contribution in [0.15, 0.2) is 29.3 Å². The lowest BCUT2D eigenvalue weighted by molar-refractivity contribution is -0.137. The molecule has 0 bridgehead atoms. The van der Waals surface area contributed by atoms with Gasteiger partial charge in [-0.15, -0.1) is 0 Å². The Morgan fingerprint density at radius 2 is 2.04 bits per heavy atom. The van der Waals surface area contributed by atoms with Crippen molar-refractivity contribution in [2.24, 2.45) is 0 Å². The third kappa shape index (κ3) is 3.13. The quantitative estimate of drug-likeness (QED) is 0.871. The number of carboxylic acid groups (broad SMARTS) is 1. The fourth-order valence-corrected chi connectivity index (χ4v) is 2.05. The van der Waals surface area contributed by atoms with Crippen LogP contribution < -0.4 is 15.0 Å². The Balaban J connectivity index is 2.61. The third-order valence-corrected chi connectivity index (χ3v) is 3.11. The molecule has 0 amide bonds. The van der Waals surface area contributed by atoms with Gasteiger partial charge in [0.05, 0.1) is 26.2 Å². The molecule has 0 aliphatic heterocycles. The molecule has 1 heterocycles. The van der Waals surface area contributed by atoms with Gasteiger partial charge in [-0.1, -0.05) is 0 Å². The van der Waals surface area contributed by atoms with E-state index in [2.05, 4.69) is 4.98 Å². The zero-order valence-corrected chi connectivity index (χ0v) is 12.4. The molecule has 2 aromatic rings. The highest BCUT2D eigenvalue weighted by molar-refractivity contribution is 5.69. The van der Waals surface area contributed by atoms with Crippen molar-refractivity contribution >= 4 is 5.97 Å². The number of hydrogen-bond donors (Lipinski definition) is 1. The molecule has 0 spiro atoms. The van der Waals surface area contributed by atoms with Gasteiger partial charge < -0.3 is 14.6 Å². The summed E-state index contributed by atoms with van der Waals surface area (Å²) in [7, 11) is 2.95. The van der Waals surface area contributed by atoms with Crippen LogP contribution in [0.2, 0.25) is 0 Å². The summed E-state index contributed by atoms with van der Waals surface area (Å²) in [4.78, 5) is 27.0. The van der Waals surface area contributed by atoms with E-state index in [-0.39, 0.29) is 11.3 Å². The second-order valence-electron chi connectivity index (χ2n) is 4.48. The van der Waals surface area contributed by atoms with Crippen molar-refractivity contribution in [3.63, 3.8) is 0 Å². The number of nitriles is 1. The van der Waals surface area contributed by atoms with Crippen LogP contribution in [0.3, 0.4) is 0 Å². The number of methoxy groups -OCH3 is 2. The van der Waals surface area contributed by atoms with Gasteiger partial charge in [-0.3, -0.25) is 14.2 Å². The molecular formula is C15H13N3O5. The molecule has 23 heavy (non-hydrogen) atoms. The number of aromatic nitrogens is 2. The first kappa shape index (κ1) is 16.0. The molecular weight excluding hydrogens is 302 g/mol. The largest absolute Gasteiger partial charge is 0.493 e. The minimum Gasteiger partial charge on any atom is -0.493 e. The molecule has 118 valence electrons. The summed E-state index contributed by atoms with van der Waals surface area (Å²) in [6, 6.07) is 6.62. The second-order valence-corrected chi connectivity index (χ2v) is 4.48. The first-order chi connectivity index (χ1) is 11.0. The zero-order chi connectivity index (χ0) is 17.0. The maximum absolute atomic E-state index is 12.2. The van der Waals surface area contributed by atoms with Crippen LogP contribution in [0.25, 0.3) is 11.3 Å². The summed E-state index contributed by atoms with van der Waals surface area (Å²) in [5, 5.41) is 18.0. The Kier molecular flexibility index (Phi) is 4.61. The average Bonchev–Trinajstić information content (AvgIpc) is 2.55. The molecule has 0 aliphatic rings. The fourth-order valence-electron chi connectivity index (χ4n) is 2.05. The lowest BCUT2D eigenvalue weighted by Gasteiger charge is -2.10. The molecule has 0 radical (unpaired) electrons. The minimum absolute atomic E-state index is 0.153. The Hall–Kier alpha value is -3.34. The highest BCUT2D eigenvalue weighted by atomic mass is 16.5. The lowest BCUT2D eigenvalue weighted by atomic mass is 10.1. The van der Waals surface area contributed by atoms with Crippen molar-refractivity contribution in [2.45, 2.75) is 6.54 Å². The van der Waals surface area contributed by atoms with Crippen LogP contribution in [0, 0.1) is 11.3 Å². The summed E-state index contributed by atoms with van der Waals surface area (Å²) < 4.78 is 11.2. The van der Waals surface area contributed by atoms with Gasteiger partial charge in [0.15, 0.2) is 11.5 Å². The maximum Gasteiger partial charge on any atom is 0.323 e. The molecule has 8 nitrogen and oxygen atoms in total. The highest BCUT2D eigenvalue weighted by Gasteiger charge is 2.16. The molecule has 0 fully saturated rings. The number of benzene rings is 1. The SMILES string of the molecule is COc1ccc(-c2ncn(CC(=O)O)c(=O)c2C#N)cc1OC. The maximum atomic E-state index is 12.2. The van der Waals surface area contributed by atoms with E-state index in [0.29, 0.717) is 17.1 Å². The first-order valence-electron chi connectivity index (χ1n) is 6.45. The second kappa shape index (κ2) is 6.62. The summed E-state index contributed by atoms with van der Waals surface area (Å²) in [6.45, 7) is -0.563. The van der Waals surface area contributed by atoms with Crippen LogP contribution in [-0.4, -0.2) is 34.8 Å². The van der Waals surface area contributed by atoms with Crippen LogP contribution in [0.4, 0.5) is 0 Å². The fraction of sp³-hybridized carbons (Fsp3) is 0.200. The first-order valence-corrected chi connectivity index (χ1v) is 6.45.